The molecule has 0 radical (unpaired) electrons. The highest BCUT2D eigenvalue weighted by atomic mass is 35.5. The van der Waals surface area contributed by atoms with Gasteiger partial charge >= 0.3 is 0 Å². The molecule has 26 heavy (non-hydrogen) atoms. The Hall–Kier alpha value is -1.70. The van der Waals surface area contributed by atoms with Crippen LogP contribution in [0, 0.1) is 12.7 Å². The molecule has 1 aromatic carbocycles. The van der Waals surface area contributed by atoms with Crippen molar-refractivity contribution < 1.29 is 9.18 Å². The number of nitrogens with one attached hydrogen (secondary N) is 2. The number of rotatable bonds is 4. The molecule has 1 atom stereocenters. The van der Waals surface area contributed by atoms with E-state index < -0.39 is 11.9 Å². The number of benzene rings is 1. The summed E-state index contributed by atoms with van der Waals surface area (Å²) in [4.78, 5) is 12.6. The van der Waals surface area contributed by atoms with E-state index in [9.17, 15) is 9.18 Å². The van der Waals surface area contributed by atoms with Gasteiger partial charge in [-0.2, -0.15) is 0 Å². The SMILES string of the molecule is Cc1c(C(=O)NC(C)c2c(F)cccc2Cl)nnn1C1CCNCC1.Cl. The highest BCUT2D eigenvalue weighted by Gasteiger charge is 2.25. The number of amides is 1. The maximum absolute atomic E-state index is 14.0. The van der Waals surface area contributed by atoms with Gasteiger partial charge in [-0.3, -0.25) is 4.79 Å². The van der Waals surface area contributed by atoms with Crippen LogP contribution >= 0.6 is 24.0 Å². The highest BCUT2D eigenvalue weighted by molar-refractivity contribution is 6.31. The van der Waals surface area contributed by atoms with Crippen LogP contribution in [0.5, 0.6) is 0 Å². The molecule has 0 bridgehead atoms. The first kappa shape index (κ1) is 20.6. The number of piperidine rings is 1. The maximum atomic E-state index is 14.0. The van der Waals surface area contributed by atoms with Gasteiger partial charge in [0.1, 0.15) is 5.82 Å². The van der Waals surface area contributed by atoms with Gasteiger partial charge < -0.3 is 10.6 Å². The molecule has 1 saturated heterocycles. The van der Waals surface area contributed by atoms with Gasteiger partial charge in [0.15, 0.2) is 5.69 Å². The first-order chi connectivity index (χ1) is 12.0. The Kier molecular flexibility index (Phi) is 6.97. The molecular formula is C17H22Cl2FN5O. The minimum atomic E-state index is -0.579. The molecule has 1 fully saturated rings. The van der Waals surface area contributed by atoms with Crippen molar-refractivity contribution in [2.75, 3.05) is 13.1 Å². The Morgan fingerprint density at radius 2 is 2.12 bits per heavy atom. The van der Waals surface area contributed by atoms with Gasteiger partial charge in [-0.25, -0.2) is 9.07 Å². The molecule has 2 N–H and O–H groups in total. The van der Waals surface area contributed by atoms with Crippen molar-refractivity contribution in [2.24, 2.45) is 0 Å². The molecule has 6 nitrogen and oxygen atoms in total. The number of hydrogen-bond acceptors (Lipinski definition) is 4. The summed E-state index contributed by atoms with van der Waals surface area (Å²) in [5.41, 5.74) is 1.25. The van der Waals surface area contributed by atoms with E-state index in [0.29, 0.717) is 0 Å². The van der Waals surface area contributed by atoms with Crippen molar-refractivity contribution in [1.29, 1.82) is 0 Å². The van der Waals surface area contributed by atoms with Crippen molar-refractivity contribution in [3.8, 4) is 0 Å². The largest absolute Gasteiger partial charge is 0.344 e. The second-order valence-electron chi connectivity index (χ2n) is 6.28. The molecule has 1 amide bonds. The Labute approximate surface area is 162 Å². The van der Waals surface area contributed by atoms with Crippen molar-refractivity contribution >= 4 is 29.9 Å². The van der Waals surface area contributed by atoms with Crippen LogP contribution in [-0.2, 0) is 0 Å². The monoisotopic (exact) mass is 401 g/mol. The molecule has 1 aliphatic heterocycles. The van der Waals surface area contributed by atoms with Crippen molar-refractivity contribution in [3.05, 3.63) is 46.0 Å². The minimum absolute atomic E-state index is 0. The molecule has 2 aromatic rings. The van der Waals surface area contributed by atoms with E-state index in [1.54, 1.807) is 13.0 Å². The first-order valence-corrected chi connectivity index (χ1v) is 8.74. The standard InChI is InChI=1S/C17H21ClFN5O.ClH/c1-10(15-13(18)4-3-5-14(15)19)21-17(25)16-11(2)24(23-22-16)12-6-8-20-9-7-12;/h3-5,10,12,20H,6-9H2,1-2H3,(H,21,25);1H. The van der Waals surface area contributed by atoms with Crippen molar-refractivity contribution in [3.63, 3.8) is 0 Å². The number of halogens is 3. The third-order valence-corrected chi connectivity index (χ3v) is 4.91. The number of carbonyl (C=O) groups excluding carboxylic acids is 1. The van der Waals surface area contributed by atoms with Gasteiger partial charge in [-0.05, 0) is 51.9 Å². The van der Waals surface area contributed by atoms with Gasteiger partial charge in [0, 0.05) is 10.6 Å². The fraction of sp³-hybridized carbons (Fsp3) is 0.471. The molecule has 2 heterocycles. The van der Waals surface area contributed by atoms with Gasteiger partial charge in [-0.15, -0.1) is 17.5 Å². The average Bonchev–Trinajstić information content (AvgIpc) is 2.97. The van der Waals surface area contributed by atoms with Crippen molar-refractivity contribution in [1.82, 2.24) is 25.6 Å². The number of aromatic nitrogens is 3. The van der Waals surface area contributed by atoms with Crippen LogP contribution < -0.4 is 10.6 Å². The summed E-state index contributed by atoms with van der Waals surface area (Å²) in [6.45, 7) is 5.37. The lowest BCUT2D eigenvalue weighted by Gasteiger charge is -2.23. The molecule has 0 spiro atoms. The van der Waals surface area contributed by atoms with E-state index in [4.69, 9.17) is 11.6 Å². The zero-order chi connectivity index (χ0) is 18.0. The van der Waals surface area contributed by atoms with Gasteiger partial charge in [0.2, 0.25) is 0 Å². The Bertz CT molecular complexity index is 756. The van der Waals surface area contributed by atoms with E-state index >= 15 is 0 Å². The fourth-order valence-corrected chi connectivity index (χ4v) is 3.54. The summed E-state index contributed by atoms with van der Waals surface area (Å²) in [7, 11) is 0. The molecule has 9 heteroatoms. The molecule has 1 unspecified atom stereocenters. The average molecular weight is 402 g/mol. The third kappa shape index (κ3) is 4.16. The van der Waals surface area contributed by atoms with Crippen LogP contribution in [0.1, 0.15) is 53.6 Å². The van der Waals surface area contributed by atoms with Crippen LogP contribution in [0.2, 0.25) is 5.02 Å². The maximum Gasteiger partial charge on any atom is 0.274 e. The van der Waals surface area contributed by atoms with Crippen LogP contribution in [0.15, 0.2) is 18.2 Å². The summed E-state index contributed by atoms with van der Waals surface area (Å²) < 4.78 is 15.8. The summed E-state index contributed by atoms with van der Waals surface area (Å²) in [6.07, 6.45) is 1.90. The zero-order valence-electron chi connectivity index (χ0n) is 14.6. The van der Waals surface area contributed by atoms with Gasteiger partial charge in [0.05, 0.1) is 17.8 Å². The third-order valence-electron chi connectivity index (χ3n) is 4.58. The zero-order valence-corrected chi connectivity index (χ0v) is 16.2. The van der Waals surface area contributed by atoms with Gasteiger partial charge in [0.25, 0.3) is 5.91 Å². The number of nitrogens with zero attached hydrogens (tertiary/aromatic N) is 3. The van der Waals surface area contributed by atoms with Crippen LogP contribution in [0.4, 0.5) is 4.39 Å². The summed E-state index contributed by atoms with van der Waals surface area (Å²) in [6, 6.07) is 4.12. The number of carbonyl (C=O) groups is 1. The minimum Gasteiger partial charge on any atom is -0.344 e. The van der Waals surface area contributed by atoms with Gasteiger partial charge in [-0.1, -0.05) is 22.9 Å². The second kappa shape index (κ2) is 8.79. The summed E-state index contributed by atoms with van der Waals surface area (Å²) >= 11 is 6.06. The lowest BCUT2D eigenvalue weighted by atomic mass is 10.1. The number of hydrogen-bond donors (Lipinski definition) is 2. The van der Waals surface area contributed by atoms with E-state index in [0.717, 1.165) is 31.6 Å². The van der Waals surface area contributed by atoms with Crippen molar-refractivity contribution in [2.45, 2.75) is 38.8 Å². The molecule has 0 aliphatic carbocycles. The topological polar surface area (TPSA) is 71.8 Å². The predicted molar refractivity (Wildman–Crippen MR) is 100 cm³/mol. The van der Waals surface area contributed by atoms with Crippen LogP contribution in [-0.4, -0.2) is 34.0 Å². The summed E-state index contributed by atoms with van der Waals surface area (Å²) in [5, 5.41) is 14.5. The molecule has 3 rings (SSSR count). The fourth-order valence-electron chi connectivity index (χ4n) is 3.21. The quantitative estimate of drug-likeness (QED) is 0.824. The smallest absolute Gasteiger partial charge is 0.274 e. The summed E-state index contributed by atoms with van der Waals surface area (Å²) in [5.74, 6) is -0.833. The molecule has 1 aromatic heterocycles. The van der Waals surface area contributed by atoms with E-state index in [-0.39, 0.29) is 40.6 Å². The van der Waals surface area contributed by atoms with Crippen LogP contribution in [0.3, 0.4) is 0 Å². The second-order valence-corrected chi connectivity index (χ2v) is 6.69. The Morgan fingerprint density at radius 1 is 1.42 bits per heavy atom. The Balaban J connectivity index is 0.00000243. The lowest BCUT2D eigenvalue weighted by Crippen LogP contribution is -2.31. The first-order valence-electron chi connectivity index (χ1n) is 8.36. The molecule has 0 saturated carbocycles. The molecule has 1 aliphatic rings. The highest BCUT2D eigenvalue weighted by Crippen LogP contribution is 2.26. The van der Waals surface area contributed by atoms with Crippen LogP contribution in [0.25, 0.3) is 0 Å². The normalized spacial score (nSPS) is 16.0. The molecular weight excluding hydrogens is 380 g/mol. The Morgan fingerprint density at radius 3 is 2.77 bits per heavy atom. The van der Waals surface area contributed by atoms with E-state index in [1.165, 1.54) is 12.1 Å². The lowest BCUT2D eigenvalue weighted by molar-refractivity contribution is 0.0933. The molecule has 142 valence electrons. The predicted octanol–water partition coefficient (Wildman–Crippen LogP) is 3.22. The van der Waals surface area contributed by atoms with E-state index in [2.05, 4.69) is 20.9 Å². The van der Waals surface area contributed by atoms with E-state index in [1.807, 2.05) is 11.6 Å².